The molecule has 1 fully saturated rings. The Kier molecular flexibility index (Phi) is 4.43. The summed E-state index contributed by atoms with van der Waals surface area (Å²) in [6.07, 6.45) is 4.42. The number of carbonyl (C=O) groups is 2. The number of carboxylic acid groups (broad SMARTS) is 1. The fourth-order valence-electron chi connectivity index (χ4n) is 3.33. The van der Waals surface area contributed by atoms with E-state index in [1.807, 2.05) is 18.2 Å². The Hall–Kier alpha value is -1.88. The van der Waals surface area contributed by atoms with Crippen molar-refractivity contribution in [1.29, 1.82) is 0 Å². The van der Waals surface area contributed by atoms with Crippen molar-refractivity contribution >= 4 is 11.9 Å². The molecule has 3 rings (SSSR count). The Labute approximate surface area is 129 Å². The monoisotopic (exact) mass is 303 g/mol. The smallest absolute Gasteiger partial charge is 0.305 e. The highest BCUT2D eigenvalue weighted by molar-refractivity contribution is 5.95. The van der Waals surface area contributed by atoms with Gasteiger partial charge in [-0.15, -0.1) is 0 Å². The highest BCUT2D eigenvalue weighted by Crippen LogP contribution is 2.24. The average molecular weight is 303 g/mol. The summed E-state index contributed by atoms with van der Waals surface area (Å²) in [5.41, 5.74) is 3.27. The summed E-state index contributed by atoms with van der Waals surface area (Å²) >= 11 is 0. The lowest BCUT2D eigenvalue weighted by molar-refractivity contribution is -0.139. The maximum Gasteiger partial charge on any atom is 0.305 e. The normalized spacial score (nSPS) is 21.3. The van der Waals surface area contributed by atoms with Gasteiger partial charge in [0.05, 0.1) is 25.7 Å². The van der Waals surface area contributed by atoms with E-state index in [0.717, 1.165) is 12.8 Å². The molecule has 0 saturated carbocycles. The topological polar surface area (TPSA) is 66.8 Å². The summed E-state index contributed by atoms with van der Waals surface area (Å²) in [4.78, 5) is 25.4. The van der Waals surface area contributed by atoms with E-state index in [1.165, 1.54) is 24.0 Å². The number of nitrogens with zero attached hydrogens (tertiary/aromatic N) is 1. The molecule has 2 aliphatic rings. The van der Waals surface area contributed by atoms with Crippen LogP contribution in [-0.4, -0.2) is 47.7 Å². The van der Waals surface area contributed by atoms with Crippen molar-refractivity contribution in [1.82, 2.24) is 4.90 Å². The van der Waals surface area contributed by atoms with Crippen molar-refractivity contribution in [2.75, 3.05) is 19.8 Å². The first-order valence-corrected chi connectivity index (χ1v) is 7.87. The number of rotatable bonds is 3. The second-order valence-corrected chi connectivity index (χ2v) is 6.02. The molecule has 0 aromatic heterocycles. The molecule has 5 heteroatoms. The molecule has 5 nitrogen and oxygen atoms in total. The largest absolute Gasteiger partial charge is 0.481 e. The van der Waals surface area contributed by atoms with Crippen molar-refractivity contribution in [3.05, 3.63) is 34.9 Å². The minimum Gasteiger partial charge on any atom is -0.481 e. The number of aryl methyl sites for hydroxylation is 2. The van der Waals surface area contributed by atoms with E-state index >= 15 is 0 Å². The summed E-state index contributed by atoms with van der Waals surface area (Å²) in [5, 5.41) is 9.00. The SMILES string of the molecule is O=C(O)CC1COCCN1C(=O)c1ccc2c(c1)CCCC2. The number of carbonyl (C=O) groups excluding carboxylic acids is 1. The third-order valence-electron chi connectivity index (χ3n) is 4.49. The van der Waals surface area contributed by atoms with E-state index in [9.17, 15) is 9.59 Å². The van der Waals surface area contributed by atoms with Gasteiger partial charge in [-0.2, -0.15) is 0 Å². The lowest BCUT2D eigenvalue weighted by Gasteiger charge is -2.35. The molecule has 0 spiro atoms. The molecule has 1 heterocycles. The summed E-state index contributed by atoms with van der Waals surface area (Å²) in [6.45, 7) is 1.21. The number of fused-ring (bicyclic) bond motifs is 1. The maximum atomic E-state index is 12.8. The van der Waals surface area contributed by atoms with E-state index in [-0.39, 0.29) is 18.4 Å². The number of ether oxygens (including phenoxy) is 1. The Morgan fingerprint density at radius 1 is 1.23 bits per heavy atom. The minimum atomic E-state index is -0.904. The molecule has 22 heavy (non-hydrogen) atoms. The van der Waals surface area contributed by atoms with E-state index in [4.69, 9.17) is 9.84 Å². The Morgan fingerprint density at radius 2 is 2.00 bits per heavy atom. The number of carboxylic acids is 1. The van der Waals surface area contributed by atoms with Gasteiger partial charge in [0.25, 0.3) is 5.91 Å². The van der Waals surface area contributed by atoms with Crippen molar-refractivity contribution in [3.8, 4) is 0 Å². The van der Waals surface area contributed by atoms with Crippen molar-refractivity contribution < 1.29 is 19.4 Å². The zero-order valence-electron chi connectivity index (χ0n) is 12.6. The number of morpholine rings is 1. The first-order valence-electron chi connectivity index (χ1n) is 7.87. The van der Waals surface area contributed by atoms with Gasteiger partial charge >= 0.3 is 5.97 Å². The Bertz CT molecular complexity index is 584. The van der Waals surface area contributed by atoms with Gasteiger partial charge in [-0.1, -0.05) is 6.07 Å². The molecule has 1 N–H and O–H groups in total. The lowest BCUT2D eigenvalue weighted by atomic mass is 9.90. The quantitative estimate of drug-likeness (QED) is 0.926. The Balaban J connectivity index is 1.80. The summed E-state index contributed by atoms with van der Waals surface area (Å²) in [6, 6.07) is 5.54. The molecule has 1 atom stereocenters. The van der Waals surface area contributed by atoms with Crippen LogP contribution in [0, 0.1) is 0 Å². The van der Waals surface area contributed by atoms with E-state index < -0.39 is 5.97 Å². The van der Waals surface area contributed by atoms with Crippen LogP contribution < -0.4 is 0 Å². The van der Waals surface area contributed by atoms with Crippen LogP contribution in [0.5, 0.6) is 0 Å². The van der Waals surface area contributed by atoms with Crippen LogP contribution in [0.3, 0.4) is 0 Å². The van der Waals surface area contributed by atoms with E-state index in [1.54, 1.807) is 4.90 Å². The summed E-state index contributed by atoms with van der Waals surface area (Å²) < 4.78 is 5.33. The fourth-order valence-corrected chi connectivity index (χ4v) is 3.33. The van der Waals surface area contributed by atoms with Crippen LogP contribution in [0.4, 0.5) is 0 Å². The van der Waals surface area contributed by atoms with Crippen LogP contribution >= 0.6 is 0 Å². The number of hydrogen-bond donors (Lipinski definition) is 1. The minimum absolute atomic E-state index is 0.0727. The standard InChI is InChI=1S/C17H21NO4/c19-16(20)10-15-11-22-8-7-18(15)17(21)14-6-5-12-3-1-2-4-13(12)9-14/h5-6,9,15H,1-4,7-8,10-11H2,(H,19,20). The first-order chi connectivity index (χ1) is 10.6. The van der Waals surface area contributed by atoms with Gasteiger partial charge in [-0.3, -0.25) is 9.59 Å². The number of benzene rings is 1. The zero-order chi connectivity index (χ0) is 15.5. The Morgan fingerprint density at radius 3 is 2.77 bits per heavy atom. The first kappa shape index (κ1) is 15.0. The maximum absolute atomic E-state index is 12.8. The number of hydrogen-bond acceptors (Lipinski definition) is 3. The fraction of sp³-hybridized carbons (Fsp3) is 0.529. The molecule has 118 valence electrons. The molecule has 1 saturated heterocycles. The predicted molar refractivity (Wildman–Crippen MR) is 81.0 cm³/mol. The van der Waals surface area contributed by atoms with E-state index in [2.05, 4.69) is 0 Å². The van der Waals surface area contributed by atoms with Crippen LogP contribution in [-0.2, 0) is 22.4 Å². The van der Waals surface area contributed by atoms with Gasteiger partial charge < -0.3 is 14.7 Å². The van der Waals surface area contributed by atoms with Gasteiger partial charge in [0, 0.05) is 12.1 Å². The second kappa shape index (κ2) is 6.48. The number of aliphatic carboxylic acids is 1. The van der Waals surface area contributed by atoms with Crippen LogP contribution in [0.25, 0.3) is 0 Å². The molecule has 1 amide bonds. The molecule has 1 aromatic carbocycles. The van der Waals surface area contributed by atoms with Gasteiger partial charge in [0.2, 0.25) is 0 Å². The number of amides is 1. The molecular weight excluding hydrogens is 282 g/mol. The highest BCUT2D eigenvalue weighted by Gasteiger charge is 2.30. The van der Waals surface area contributed by atoms with Crippen molar-refractivity contribution in [2.45, 2.75) is 38.1 Å². The summed E-state index contributed by atoms with van der Waals surface area (Å²) in [5.74, 6) is -0.985. The molecule has 1 unspecified atom stereocenters. The van der Waals surface area contributed by atoms with Gasteiger partial charge in [-0.05, 0) is 48.9 Å². The lowest BCUT2D eigenvalue weighted by Crippen LogP contribution is -2.49. The molecular formula is C17H21NO4. The predicted octanol–water partition coefficient (Wildman–Crippen LogP) is 1.88. The zero-order valence-corrected chi connectivity index (χ0v) is 12.6. The van der Waals surface area contributed by atoms with Gasteiger partial charge in [0.1, 0.15) is 0 Å². The molecule has 1 aliphatic heterocycles. The van der Waals surface area contributed by atoms with Crippen LogP contribution in [0.1, 0.15) is 40.7 Å². The molecule has 0 bridgehead atoms. The highest BCUT2D eigenvalue weighted by atomic mass is 16.5. The third kappa shape index (κ3) is 3.14. The van der Waals surface area contributed by atoms with Crippen molar-refractivity contribution in [3.63, 3.8) is 0 Å². The average Bonchev–Trinajstić information content (AvgIpc) is 2.54. The van der Waals surface area contributed by atoms with Crippen molar-refractivity contribution in [2.24, 2.45) is 0 Å². The van der Waals surface area contributed by atoms with Gasteiger partial charge in [-0.25, -0.2) is 0 Å². The van der Waals surface area contributed by atoms with Crippen LogP contribution in [0.15, 0.2) is 18.2 Å². The van der Waals surface area contributed by atoms with Gasteiger partial charge in [0.15, 0.2) is 0 Å². The second-order valence-electron chi connectivity index (χ2n) is 6.02. The summed E-state index contributed by atoms with van der Waals surface area (Å²) in [7, 11) is 0. The van der Waals surface area contributed by atoms with E-state index in [0.29, 0.717) is 25.3 Å². The molecule has 1 aromatic rings. The third-order valence-corrected chi connectivity index (χ3v) is 4.49. The van der Waals surface area contributed by atoms with Crippen LogP contribution in [0.2, 0.25) is 0 Å². The molecule has 1 aliphatic carbocycles. The molecule has 0 radical (unpaired) electrons.